The first-order valence-electron chi connectivity index (χ1n) is 14.4. The van der Waals surface area contributed by atoms with Crippen molar-refractivity contribution in [1.29, 1.82) is 0 Å². The fourth-order valence-electron chi connectivity index (χ4n) is 4.19. The van der Waals surface area contributed by atoms with Gasteiger partial charge in [0, 0.05) is 60.5 Å². The SMILES string of the molecule is O=C(NCCCCCCSSCCCCCCNC(=O)c1cc(-c2cccnc2)n[nH]1)c1cc(-c2cccnc2)n[nH]1. The Morgan fingerprint density at radius 3 is 1.52 bits per heavy atom. The summed E-state index contributed by atoms with van der Waals surface area (Å²) in [5, 5.41) is 20.0. The zero-order chi connectivity index (χ0) is 29.2. The summed E-state index contributed by atoms with van der Waals surface area (Å²) in [5.41, 5.74) is 4.13. The molecular weight excluding hydrogens is 569 g/mol. The third kappa shape index (κ3) is 10.6. The van der Waals surface area contributed by atoms with Crippen LogP contribution in [0.25, 0.3) is 22.5 Å². The number of carbonyl (C=O) groups is 2. The number of carbonyl (C=O) groups excluding carboxylic acids is 2. The Balaban J connectivity index is 0.912. The fraction of sp³-hybridized carbons (Fsp3) is 0.400. The molecule has 42 heavy (non-hydrogen) atoms. The van der Waals surface area contributed by atoms with Crippen LogP contribution in [-0.2, 0) is 0 Å². The third-order valence-electron chi connectivity index (χ3n) is 6.52. The highest BCUT2D eigenvalue weighted by atomic mass is 33.1. The van der Waals surface area contributed by atoms with Crippen molar-refractivity contribution >= 4 is 33.4 Å². The van der Waals surface area contributed by atoms with Gasteiger partial charge in [-0.3, -0.25) is 29.8 Å². The van der Waals surface area contributed by atoms with Crippen molar-refractivity contribution in [1.82, 2.24) is 41.0 Å². The molecule has 0 unspecified atom stereocenters. The quantitative estimate of drug-likeness (QED) is 0.0762. The minimum Gasteiger partial charge on any atom is -0.351 e. The third-order valence-corrected chi connectivity index (χ3v) is 9.10. The maximum Gasteiger partial charge on any atom is 0.269 e. The predicted molar refractivity (Wildman–Crippen MR) is 170 cm³/mol. The molecule has 0 bridgehead atoms. The van der Waals surface area contributed by atoms with E-state index in [-0.39, 0.29) is 11.8 Å². The molecule has 0 fully saturated rings. The summed E-state index contributed by atoms with van der Waals surface area (Å²) in [4.78, 5) is 32.8. The van der Waals surface area contributed by atoms with Gasteiger partial charge in [0.25, 0.3) is 11.8 Å². The monoisotopic (exact) mass is 606 g/mol. The summed E-state index contributed by atoms with van der Waals surface area (Å²) in [5.74, 6) is 2.06. The molecular formula is C30H38N8O2S2. The Kier molecular flexibility index (Phi) is 13.4. The Morgan fingerprint density at radius 1 is 0.643 bits per heavy atom. The smallest absolute Gasteiger partial charge is 0.269 e. The highest BCUT2D eigenvalue weighted by Crippen LogP contribution is 2.24. The number of H-pyrrole nitrogens is 2. The van der Waals surface area contributed by atoms with Crippen LogP contribution in [-0.4, -0.2) is 66.8 Å². The van der Waals surface area contributed by atoms with E-state index in [9.17, 15) is 9.59 Å². The van der Waals surface area contributed by atoms with Gasteiger partial charge in [-0.25, -0.2) is 0 Å². The second-order valence-corrected chi connectivity index (χ2v) is 12.5. The van der Waals surface area contributed by atoms with Crippen LogP contribution in [0, 0.1) is 0 Å². The molecule has 0 saturated heterocycles. The van der Waals surface area contributed by atoms with Crippen LogP contribution >= 0.6 is 21.6 Å². The van der Waals surface area contributed by atoms with Gasteiger partial charge in [0.05, 0.1) is 11.4 Å². The minimum atomic E-state index is -0.126. The molecule has 4 N–H and O–H groups in total. The largest absolute Gasteiger partial charge is 0.351 e. The fourth-order valence-corrected chi connectivity index (χ4v) is 6.49. The molecule has 0 atom stereocenters. The Morgan fingerprint density at radius 2 is 1.10 bits per heavy atom. The molecule has 0 saturated carbocycles. The average Bonchev–Trinajstić information content (AvgIpc) is 3.73. The van der Waals surface area contributed by atoms with Crippen molar-refractivity contribution in [2.45, 2.75) is 51.4 Å². The molecule has 0 aromatic carbocycles. The van der Waals surface area contributed by atoms with Crippen LogP contribution in [0.1, 0.15) is 72.3 Å². The lowest BCUT2D eigenvalue weighted by Crippen LogP contribution is -2.24. The first kappa shape index (κ1) is 31.3. The molecule has 0 spiro atoms. The molecule has 4 heterocycles. The highest BCUT2D eigenvalue weighted by Gasteiger charge is 2.11. The highest BCUT2D eigenvalue weighted by molar-refractivity contribution is 8.76. The number of unbranched alkanes of at least 4 members (excludes halogenated alkanes) is 6. The van der Waals surface area contributed by atoms with Gasteiger partial charge in [0.2, 0.25) is 0 Å². The van der Waals surface area contributed by atoms with E-state index >= 15 is 0 Å². The van der Waals surface area contributed by atoms with Gasteiger partial charge in [-0.1, -0.05) is 47.3 Å². The maximum absolute atomic E-state index is 12.3. The molecule has 222 valence electrons. The van der Waals surface area contributed by atoms with Gasteiger partial charge < -0.3 is 10.6 Å². The molecule has 0 aliphatic carbocycles. The van der Waals surface area contributed by atoms with Crippen LogP contribution in [0.2, 0.25) is 0 Å². The number of nitrogens with zero attached hydrogens (tertiary/aromatic N) is 4. The van der Waals surface area contributed by atoms with Crippen LogP contribution in [0.4, 0.5) is 0 Å². The zero-order valence-corrected chi connectivity index (χ0v) is 25.3. The molecule has 10 nitrogen and oxygen atoms in total. The maximum atomic E-state index is 12.3. The molecule has 4 rings (SSSR count). The van der Waals surface area contributed by atoms with Crippen LogP contribution < -0.4 is 10.6 Å². The number of hydrogen-bond donors (Lipinski definition) is 4. The van der Waals surface area contributed by atoms with Crippen molar-refractivity contribution in [3.63, 3.8) is 0 Å². The van der Waals surface area contributed by atoms with E-state index in [2.05, 4.69) is 41.0 Å². The van der Waals surface area contributed by atoms with Crippen LogP contribution in [0.5, 0.6) is 0 Å². The van der Waals surface area contributed by atoms with E-state index in [1.54, 1.807) is 36.9 Å². The zero-order valence-electron chi connectivity index (χ0n) is 23.7. The van der Waals surface area contributed by atoms with Gasteiger partial charge in [0.15, 0.2) is 0 Å². The number of pyridine rings is 2. The summed E-state index contributed by atoms with van der Waals surface area (Å²) < 4.78 is 0. The normalized spacial score (nSPS) is 11.0. The summed E-state index contributed by atoms with van der Waals surface area (Å²) >= 11 is 0. The molecule has 12 heteroatoms. The van der Waals surface area contributed by atoms with Crippen LogP contribution in [0.15, 0.2) is 61.2 Å². The molecule has 0 radical (unpaired) electrons. The number of aromatic nitrogens is 6. The number of rotatable bonds is 19. The molecule has 0 aliphatic heterocycles. The van der Waals surface area contributed by atoms with Gasteiger partial charge in [-0.05, 0) is 62.1 Å². The summed E-state index contributed by atoms with van der Waals surface area (Å²) in [6, 6.07) is 11.0. The van der Waals surface area contributed by atoms with Crippen molar-refractivity contribution < 1.29 is 9.59 Å². The molecule has 4 aromatic rings. The van der Waals surface area contributed by atoms with Crippen molar-refractivity contribution in [3.8, 4) is 22.5 Å². The van der Waals surface area contributed by atoms with Crippen molar-refractivity contribution in [3.05, 3.63) is 72.6 Å². The van der Waals surface area contributed by atoms with Gasteiger partial charge in [0.1, 0.15) is 11.4 Å². The van der Waals surface area contributed by atoms with E-state index in [0.717, 1.165) is 48.3 Å². The summed E-state index contributed by atoms with van der Waals surface area (Å²) in [6.07, 6.45) is 15.8. The van der Waals surface area contributed by atoms with Crippen molar-refractivity contribution in [2.75, 3.05) is 24.6 Å². The number of nitrogens with one attached hydrogen (secondary N) is 4. The minimum absolute atomic E-state index is 0.126. The first-order chi connectivity index (χ1) is 20.7. The lowest BCUT2D eigenvalue weighted by atomic mass is 10.2. The number of hydrogen-bond acceptors (Lipinski definition) is 8. The van der Waals surface area contributed by atoms with E-state index < -0.39 is 0 Å². The summed E-state index contributed by atoms with van der Waals surface area (Å²) in [6.45, 7) is 1.34. The number of aromatic amines is 2. The van der Waals surface area contributed by atoms with E-state index in [1.165, 1.54) is 25.7 Å². The van der Waals surface area contributed by atoms with Gasteiger partial charge >= 0.3 is 0 Å². The second kappa shape index (κ2) is 18.0. The molecule has 2 amide bonds. The second-order valence-electron chi connectivity index (χ2n) is 9.80. The first-order valence-corrected chi connectivity index (χ1v) is 16.9. The van der Waals surface area contributed by atoms with E-state index in [0.29, 0.717) is 35.9 Å². The Hall–Kier alpha value is -3.64. The lowest BCUT2D eigenvalue weighted by Gasteiger charge is -2.05. The van der Waals surface area contributed by atoms with E-state index in [4.69, 9.17) is 0 Å². The predicted octanol–water partition coefficient (Wildman–Crippen LogP) is 5.92. The van der Waals surface area contributed by atoms with Gasteiger partial charge in [-0.15, -0.1) is 0 Å². The molecule has 0 aliphatic rings. The van der Waals surface area contributed by atoms with Crippen molar-refractivity contribution in [2.24, 2.45) is 0 Å². The Bertz CT molecular complexity index is 1240. The van der Waals surface area contributed by atoms with Gasteiger partial charge in [-0.2, -0.15) is 10.2 Å². The average molecular weight is 607 g/mol. The molecule has 4 aromatic heterocycles. The topological polar surface area (TPSA) is 141 Å². The lowest BCUT2D eigenvalue weighted by molar-refractivity contribution is 0.0940. The number of amides is 2. The van der Waals surface area contributed by atoms with E-state index in [1.807, 2.05) is 45.9 Å². The Labute approximate surface area is 254 Å². The van der Waals surface area contributed by atoms with Crippen LogP contribution in [0.3, 0.4) is 0 Å². The standard InChI is InChI=1S/C30H38N8O2S2/c39-29(27-19-25(35-37-27)23-11-9-13-31-21-23)33-15-5-1-3-7-17-41-42-18-8-4-2-6-16-34-30(40)28-20-26(36-38-28)24-12-10-14-32-22-24/h9-14,19-22H,1-8,15-18H2,(H,33,39)(H,34,40)(H,35,37)(H,36,38). The summed E-state index contributed by atoms with van der Waals surface area (Å²) in [7, 11) is 3.90.